The van der Waals surface area contributed by atoms with Crippen molar-refractivity contribution in [3.63, 3.8) is 0 Å². The van der Waals surface area contributed by atoms with E-state index in [0.29, 0.717) is 16.6 Å². The van der Waals surface area contributed by atoms with Crippen molar-refractivity contribution in [1.82, 2.24) is 19.7 Å². The van der Waals surface area contributed by atoms with Crippen molar-refractivity contribution in [2.75, 3.05) is 5.32 Å². The third-order valence-corrected chi connectivity index (χ3v) is 3.55. The molecular weight excluding hydrogens is 310 g/mol. The van der Waals surface area contributed by atoms with Crippen LogP contribution < -0.4 is 5.32 Å². The predicted octanol–water partition coefficient (Wildman–Crippen LogP) is 2.46. The smallest absolute Gasteiger partial charge is 0.337 e. The minimum Gasteiger partial charge on any atom is -0.478 e. The molecule has 0 aliphatic rings. The van der Waals surface area contributed by atoms with Gasteiger partial charge in [-0.25, -0.2) is 14.5 Å². The van der Waals surface area contributed by atoms with Gasteiger partial charge in [-0.3, -0.25) is 4.79 Å². The highest BCUT2D eigenvalue weighted by molar-refractivity contribution is 6.06. The maximum Gasteiger partial charge on any atom is 0.337 e. The molecule has 0 fully saturated rings. The van der Waals surface area contributed by atoms with E-state index in [9.17, 15) is 9.59 Å². The number of H-pyrrole nitrogens is 1. The third-order valence-electron chi connectivity index (χ3n) is 3.55. The maximum atomic E-state index is 12.3. The van der Waals surface area contributed by atoms with Crippen LogP contribution in [-0.4, -0.2) is 36.7 Å². The fourth-order valence-corrected chi connectivity index (χ4v) is 2.26. The Kier molecular flexibility index (Phi) is 3.59. The number of aromatic carboxylic acids is 1. The number of hydrogen-bond acceptors (Lipinski definition) is 4. The quantitative estimate of drug-likeness (QED) is 0.684. The summed E-state index contributed by atoms with van der Waals surface area (Å²) in [6.45, 7) is 5.88. The maximum absolute atomic E-state index is 12.3. The van der Waals surface area contributed by atoms with E-state index in [4.69, 9.17) is 5.11 Å². The van der Waals surface area contributed by atoms with Gasteiger partial charge in [0.1, 0.15) is 6.33 Å². The Morgan fingerprint density at radius 1 is 1.29 bits per heavy atom. The van der Waals surface area contributed by atoms with Gasteiger partial charge in [0.15, 0.2) is 0 Å². The van der Waals surface area contributed by atoms with E-state index in [1.54, 1.807) is 22.9 Å². The number of aromatic nitrogens is 4. The summed E-state index contributed by atoms with van der Waals surface area (Å²) in [5, 5.41) is 16.6. The van der Waals surface area contributed by atoms with Crippen molar-refractivity contribution < 1.29 is 14.7 Å². The van der Waals surface area contributed by atoms with Crippen molar-refractivity contribution in [3.05, 3.63) is 42.1 Å². The third kappa shape index (κ3) is 2.85. The highest BCUT2D eigenvalue weighted by Gasteiger charge is 2.19. The molecule has 1 amide bonds. The van der Waals surface area contributed by atoms with E-state index >= 15 is 0 Å². The van der Waals surface area contributed by atoms with Gasteiger partial charge in [0.25, 0.3) is 5.91 Å². The number of aromatic amines is 1. The summed E-state index contributed by atoms with van der Waals surface area (Å²) in [6.07, 6.45) is 2.94. The van der Waals surface area contributed by atoms with Gasteiger partial charge in [-0.1, -0.05) is 0 Å². The molecule has 1 aromatic carbocycles. The number of benzene rings is 1. The molecule has 0 bridgehead atoms. The summed E-state index contributed by atoms with van der Waals surface area (Å²) in [7, 11) is 0. The first kappa shape index (κ1) is 15.7. The van der Waals surface area contributed by atoms with Gasteiger partial charge in [0.2, 0.25) is 5.82 Å². The van der Waals surface area contributed by atoms with Crippen LogP contribution in [0, 0.1) is 0 Å². The molecule has 0 aliphatic carbocycles. The number of anilines is 1. The first-order chi connectivity index (χ1) is 11.3. The number of hydrogen-bond donors (Lipinski definition) is 3. The van der Waals surface area contributed by atoms with Crippen LogP contribution in [-0.2, 0) is 5.54 Å². The van der Waals surface area contributed by atoms with Gasteiger partial charge >= 0.3 is 5.97 Å². The molecule has 0 radical (unpaired) electrons. The minimum atomic E-state index is -1.00. The Hall–Kier alpha value is -3.16. The number of nitrogens with one attached hydrogen (secondary N) is 2. The summed E-state index contributed by atoms with van der Waals surface area (Å²) in [6, 6.07) is 4.95. The standard InChI is InChI=1S/C16H17N5O3/c1-16(2,3)21-8-18-13(20-21)14(22)19-9-4-5-10-11(15(23)24)7-17-12(10)6-9/h4-8,17H,1-3H3,(H,19,22)(H,23,24). The Morgan fingerprint density at radius 2 is 2.04 bits per heavy atom. The number of carboxylic acid groups (broad SMARTS) is 1. The van der Waals surface area contributed by atoms with E-state index in [2.05, 4.69) is 20.4 Å². The average Bonchev–Trinajstić information content (AvgIpc) is 3.13. The van der Waals surface area contributed by atoms with Gasteiger partial charge in [-0.05, 0) is 39.0 Å². The monoisotopic (exact) mass is 327 g/mol. The summed E-state index contributed by atoms with van der Waals surface area (Å²) in [5.74, 6) is -1.36. The molecule has 8 heteroatoms. The number of nitrogens with zero attached hydrogens (tertiary/aromatic N) is 3. The second kappa shape index (κ2) is 5.48. The zero-order valence-corrected chi connectivity index (χ0v) is 13.5. The van der Waals surface area contributed by atoms with Gasteiger partial charge in [-0.15, -0.1) is 5.10 Å². The topological polar surface area (TPSA) is 113 Å². The molecular formula is C16H17N5O3. The molecule has 2 aromatic heterocycles. The highest BCUT2D eigenvalue weighted by Crippen LogP contribution is 2.22. The van der Waals surface area contributed by atoms with Gasteiger partial charge in [0.05, 0.1) is 11.1 Å². The predicted molar refractivity (Wildman–Crippen MR) is 88.2 cm³/mol. The molecule has 0 saturated carbocycles. The molecule has 3 N–H and O–H groups in total. The van der Waals surface area contributed by atoms with Crippen molar-refractivity contribution in [1.29, 1.82) is 0 Å². The van der Waals surface area contributed by atoms with Crippen molar-refractivity contribution in [2.45, 2.75) is 26.3 Å². The lowest BCUT2D eigenvalue weighted by atomic mass is 10.1. The van der Waals surface area contributed by atoms with Gasteiger partial charge in [0, 0.05) is 22.8 Å². The number of amides is 1. The minimum absolute atomic E-state index is 0.0720. The van der Waals surface area contributed by atoms with Crippen LogP contribution >= 0.6 is 0 Å². The number of carboxylic acids is 1. The fraction of sp³-hybridized carbons (Fsp3) is 0.250. The van der Waals surface area contributed by atoms with Crippen LogP contribution in [0.25, 0.3) is 10.9 Å². The lowest BCUT2D eigenvalue weighted by Crippen LogP contribution is -2.23. The summed E-state index contributed by atoms with van der Waals surface area (Å²) in [5.41, 5.74) is 1.08. The van der Waals surface area contributed by atoms with Crippen molar-refractivity contribution in [2.24, 2.45) is 0 Å². The highest BCUT2D eigenvalue weighted by atomic mass is 16.4. The molecule has 0 atom stereocenters. The van der Waals surface area contributed by atoms with Crippen molar-refractivity contribution >= 4 is 28.5 Å². The zero-order chi connectivity index (χ0) is 17.5. The van der Waals surface area contributed by atoms with Crippen LogP contribution in [0.2, 0.25) is 0 Å². The average molecular weight is 327 g/mol. The molecule has 124 valence electrons. The van der Waals surface area contributed by atoms with Gasteiger partial charge < -0.3 is 15.4 Å². The Balaban J connectivity index is 1.83. The molecule has 0 aliphatic heterocycles. The van der Waals surface area contributed by atoms with Crippen LogP contribution in [0.15, 0.2) is 30.7 Å². The molecule has 8 nitrogen and oxygen atoms in total. The number of fused-ring (bicyclic) bond motifs is 1. The largest absolute Gasteiger partial charge is 0.478 e. The van der Waals surface area contributed by atoms with Crippen LogP contribution in [0.4, 0.5) is 5.69 Å². The Morgan fingerprint density at radius 3 is 2.67 bits per heavy atom. The van der Waals surface area contributed by atoms with Crippen LogP contribution in [0.1, 0.15) is 41.7 Å². The Labute approximate surface area is 137 Å². The lowest BCUT2D eigenvalue weighted by molar-refractivity contribution is 0.0699. The number of rotatable bonds is 3. The van der Waals surface area contributed by atoms with E-state index in [-0.39, 0.29) is 16.9 Å². The molecule has 3 aromatic rings. The lowest BCUT2D eigenvalue weighted by Gasteiger charge is -2.17. The van der Waals surface area contributed by atoms with Crippen molar-refractivity contribution in [3.8, 4) is 0 Å². The molecule has 24 heavy (non-hydrogen) atoms. The van der Waals surface area contributed by atoms with E-state index in [1.807, 2.05) is 20.8 Å². The van der Waals surface area contributed by atoms with E-state index < -0.39 is 11.9 Å². The molecule has 0 saturated heterocycles. The number of carbonyl (C=O) groups is 2. The summed E-state index contributed by atoms with van der Waals surface area (Å²) < 4.78 is 1.62. The molecule has 2 heterocycles. The van der Waals surface area contributed by atoms with E-state index in [0.717, 1.165) is 0 Å². The number of carbonyl (C=O) groups excluding carboxylic acids is 1. The first-order valence-corrected chi connectivity index (χ1v) is 7.33. The first-order valence-electron chi connectivity index (χ1n) is 7.33. The normalized spacial score (nSPS) is 11.6. The van der Waals surface area contributed by atoms with Crippen LogP contribution in [0.5, 0.6) is 0 Å². The summed E-state index contributed by atoms with van der Waals surface area (Å²) in [4.78, 5) is 30.3. The van der Waals surface area contributed by atoms with E-state index in [1.165, 1.54) is 12.5 Å². The summed E-state index contributed by atoms with van der Waals surface area (Å²) >= 11 is 0. The SMILES string of the molecule is CC(C)(C)n1cnc(C(=O)Nc2ccc3c(C(=O)O)c[nH]c3c2)n1. The molecule has 0 spiro atoms. The second-order valence-corrected chi connectivity index (χ2v) is 6.41. The fourth-order valence-electron chi connectivity index (χ4n) is 2.26. The second-order valence-electron chi connectivity index (χ2n) is 6.41. The molecule has 0 unspecified atom stereocenters. The Bertz CT molecular complexity index is 933. The zero-order valence-electron chi connectivity index (χ0n) is 13.5. The molecule has 3 rings (SSSR count). The van der Waals surface area contributed by atoms with Gasteiger partial charge in [-0.2, -0.15) is 0 Å². The van der Waals surface area contributed by atoms with Crippen LogP contribution in [0.3, 0.4) is 0 Å².